The van der Waals surface area contributed by atoms with Crippen molar-refractivity contribution in [2.45, 2.75) is 73.4 Å². The Morgan fingerprint density at radius 3 is 2.40 bits per heavy atom. The zero-order valence-electron chi connectivity index (χ0n) is 14.5. The van der Waals surface area contributed by atoms with Crippen LogP contribution in [0.5, 0.6) is 0 Å². The molecule has 0 aliphatic rings. The van der Waals surface area contributed by atoms with Crippen molar-refractivity contribution in [1.82, 2.24) is 15.1 Å². The highest BCUT2D eigenvalue weighted by Crippen LogP contribution is 2.29. The Hall–Kier alpha value is -0.830. The molecule has 0 amide bonds. The van der Waals surface area contributed by atoms with Crippen molar-refractivity contribution in [2.24, 2.45) is 11.3 Å². The molecule has 3 heteroatoms. The third kappa shape index (κ3) is 4.62. The van der Waals surface area contributed by atoms with Gasteiger partial charge in [0.05, 0.1) is 5.69 Å². The number of nitrogens with one attached hydrogen (secondary N) is 1. The van der Waals surface area contributed by atoms with Crippen LogP contribution in [0.25, 0.3) is 0 Å². The standard InChI is InChI=1S/C17H33N3/c1-8-14-11-16(20(9-2)19-14)12-15(18-7)10-13(3)17(4,5)6/h11,13,15,18H,8-10,12H2,1-7H3. The van der Waals surface area contributed by atoms with Crippen LogP contribution >= 0.6 is 0 Å². The predicted octanol–water partition coefficient (Wildman–Crippen LogP) is 3.67. The fourth-order valence-corrected chi connectivity index (χ4v) is 2.46. The molecular weight excluding hydrogens is 246 g/mol. The highest BCUT2D eigenvalue weighted by atomic mass is 15.3. The molecule has 0 aromatic carbocycles. The van der Waals surface area contributed by atoms with Crippen molar-refractivity contribution in [3.05, 3.63) is 17.5 Å². The molecule has 0 aliphatic heterocycles. The van der Waals surface area contributed by atoms with E-state index < -0.39 is 0 Å². The van der Waals surface area contributed by atoms with Crippen molar-refractivity contribution in [3.63, 3.8) is 0 Å². The highest BCUT2D eigenvalue weighted by Gasteiger charge is 2.23. The molecule has 1 N–H and O–H groups in total. The Morgan fingerprint density at radius 2 is 1.95 bits per heavy atom. The molecule has 0 radical (unpaired) electrons. The molecule has 3 nitrogen and oxygen atoms in total. The van der Waals surface area contributed by atoms with E-state index in [1.807, 2.05) is 0 Å². The van der Waals surface area contributed by atoms with E-state index in [4.69, 9.17) is 0 Å². The van der Waals surface area contributed by atoms with E-state index in [2.05, 4.69) is 69.8 Å². The van der Waals surface area contributed by atoms with Gasteiger partial charge < -0.3 is 5.32 Å². The van der Waals surface area contributed by atoms with Crippen LogP contribution in [0.3, 0.4) is 0 Å². The number of nitrogens with zero attached hydrogens (tertiary/aromatic N) is 2. The lowest BCUT2D eigenvalue weighted by Gasteiger charge is -2.30. The molecule has 0 saturated carbocycles. The van der Waals surface area contributed by atoms with E-state index >= 15 is 0 Å². The van der Waals surface area contributed by atoms with Gasteiger partial charge in [-0.25, -0.2) is 0 Å². The van der Waals surface area contributed by atoms with Gasteiger partial charge in [-0.3, -0.25) is 4.68 Å². The van der Waals surface area contributed by atoms with Crippen LogP contribution in [0.1, 0.15) is 59.4 Å². The van der Waals surface area contributed by atoms with Crippen molar-refractivity contribution in [3.8, 4) is 0 Å². The molecular formula is C17H33N3. The number of hydrogen-bond acceptors (Lipinski definition) is 2. The molecule has 0 spiro atoms. The van der Waals surface area contributed by atoms with Crippen molar-refractivity contribution >= 4 is 0 Å². The van der Waals surface area contributed by atoms with Crippen LogP contribution in [0.2, 0.25) is 0 Å². The fraction of sp³-hybridized carbons (Fsp3) is 0.824. The SMILES string of the molecule is CCc1cc(CC(CC(C)C(C)(C)C)NC)n(CC)n1. The van der Waals surface area contributed by atoms with Gasteiger partial charge in [-0.15, -0.1) is 0 Å². The predicted molar refractivity (Wildman–Crippen MR) is 87.1 cm³/mol. The Labute approximate surface area is 125 Å². The largest absolute Gasteiger partial charge is 0.317 e. The van der Waals surface area contributed by atoms with E-state index in [9.17, 15) is 0 Å². The highest BCUT2D eigenvalue weighted by molar-refractivity contribution is 5.12. The first-order valence-corrected chi connectivity index (χ1v) is 8.04. The zero-order valence-corrected chi connectivity index (χ0v) is 14.5. The lowest BCUT2D eigenvalue weighted by Crippen LogP contribution is -2.33. The Bertz CT molecular complexity index is 401. The molecule has 20 heavy (non-hydrogen) atoms. The minimum Gasteiger partial charge on any atom is -0.317 e. The summed E-state index contributed by atoms with van der Waals surface area (Å²) in [4.78, 5) is 0. The Morgan fingerprint density at radius 1 is 1.30 bits per heavy atom. The van der Waals surface area contributed by atoms with E-state index in [0.717, 1.165) is 19.4 Å². The van der Waals surface area contributed by atoms with Crippen molar-refractivity contribution in [1.29, 1.82) is 0 Å². The molecule has 116 valence electrons. The minimum atomic E-state index is 0.370. The number of hydrogen-bond donors (Lipinski definition) is 1. The quantitative estimate of drug-likeness (QED) is 0.825. The van der Waals surface area contributed by atoms with Crippen LogP contribution in [-0.4, -0.2) is 22.9 Å². The van der Waals surface area contributed by atoms with Crippen LogP contribution in [0, 0.1) is 11.3 Å². The van der Waals surface area contributed by atoms with Gasteiger partial charge in [0, 0.05) is 24.7 Å². The van der Waals surface area contributed by atoms with Gasteiger partial charge in [-0.1, -0.05) is 34.6 Å². The summed E-state index contributed by atoms with van der Waals surface area (Å²) < 4.78 is 2.16. The monoisotopic (exact) mass is 279 g/mol. The Kier molecular flexibility index (Phi) is 6.25. The average molecular weight is 279 g/mol. The third-order valence-corrected chi connectivity index (χ3v) is 4.56. The van der Waals surface area contributed by atoms with E-state index in [0.29, 0.717) is 17.4 Å². The molecule has 2 unspecified atom stereocenters. The molecule has 1 heterocycles. The maximum absolute atomic E-state index is 4.65. The summed E-state index contributed by atoms with van der Waals surface area (Å²) in [6, 6.07) is 2.80. The second kappa shape index (κ2) is 7.26. The maximum Gasteiger partial charge on any atom is 0.0624 e. The molecule has 0 bridgehead atoms. The first kappa shape index (κ1) is 17.2. The average Bonchev–Trinajstić information content (AvgIpc) is 2.78. The van der Waals surface area contributed by atoms with Gasteiger partial charge in [-0.05, 0) is 44.2 Å². The van der Waals surface area contributed by atoms with Gasteiger partial charge in [0.1, 0.15) is 0 Å². The molecule has 0 fully saturated rings. The fourth-order valence-electron chi connectivity index (χ4n) is 2.46. The van der Waals surface area contributed by atoms with Crippen LogP contribution in [-0.2, 0) is 19.4 Å². The zero-order chi connectivity index (χ0) is 15.3. The first-order chi connectivity index (χ1) is 9.31. The summed E-state index contributed by atoms with van der Waals surface area (Å²) in [5.41, 5.74) is 2.94. The molecule has 0 aliphatic carbocycles. The summed E-state index contributed by atoms with van der Waals surface area (Å²) in [6.45, 7) is 14.6. The first-order valence-electron chi connectivity index (χ1n) is 8.04. The lowest BCUT2D eigenvalue weighted by atomic mass is 9.78. The molecule has 1 rings (SSSR count). The summed E-state index contributed by atoms with van der Waals surface area (Å²) in [5, 5.41) is 8.14. The van der Waals surface area contributed by atoms with Gasteiger partial charge in [-0.2, -0.15) is 5.10 Å². The second-order valence-corrected chi connectivity index (χ2v) is 6.99. The molecule has 1 aromatic heterocycles. The number of likely N-dealkylation sites (N-methyl/N-ethyl adjacent to an activating group) is 1. The summed E-state index contributed by atoms with van der Waals surface area (Å²) in [6.07, 6.45) is 3.29. The van der Waals surface area contributed by atoms with E-state index in [-0.39, 0.29) is 0 Å². The van der Waals surface area contributed by atoms with Gasteiger partial charge in [0.15, 0.2) is 0 Å². The number of aryl methyl sites for hydroxylation is 2. The molecule has 1 aromatic rings. The van der Waals surface area contributed by atoms with Crippen molar-refractivity contribution in [2.75, 3.05) is 7.05 Å². The summed E-state index contributed by atoms with van der Waals surface area (Å²) in [7, 11) is 2.08. The number of aromatic nitrogens is 2. The van der Waals surface area contributed by atoms with E-state index in [1.54, 1.807) is 0 Å². The lowest BCUT2D eigenvalue weighted by molar-refractivity contribution is 0.224. The topological polar surface area (TPSA) is 29.9 Å². The van der Waals surface area contributed by atoms with Crippen LogP contribution in [0.4, 0.5) is 0 Å². The van der Waals surface area contributed by atoms with Gasteiger partial charge in [0.25, 0.3) is 0 Å². The molecule has 2 atom stereocenters. The van der Waals surface area contributed by atoms with Crippen molar-refractivity contribution < 1.29 is 0 Å². The summed E-state index contributed by atoms with van der Waals surface area (Å²) >= 11 is 0. The van der Waals surface area contributed by atoms with Crippen LogP contribution < -0.4 is 5.32 Å². The smallest absolute Gasteiger partial charge is 0.0624 e. The molecule has 0 saturated heterocycles. The maximum atomic E-state index is 4.65. The van der Waals surface area contributed by atoms with Crippen LogP contribution in [0.15, 0.2) is 6.07 Å². The third-order valence-electron chi connectivity index (χ3n) is 4.56. The van der Waals surface area contributed by atoms with Gasteiger partial charge in [0.2, 0.25) is 0 Å². The second-order valence-electron chi connectivity index (χ2n) is 6.99. The summed E-state index contributed by atoms with van der Waals surface area (Å²) in [5.74, 6) is 0.698. The van der Waals surface area contributed by atoms with E-state index in [1.165, 1.54) is 17.8 Å². The number of rotatable bonds is 7. The van der Waals surface area contributed by atoms with Gasteiger partial charge >= 0.3 is 0 Å². The Balaban J connectivity index is 2.75. The minimum absolute atomic E-state index is 0.370. The normalized spacial score (nSPS) is 15.3.